The molecule has 0 heterocycles. The smallest absolute Gasteiger partial charge is 0.323 e. The van der Waals surface area contributed by atoms with Gasteiger partial charge < -0.3 is 15.7 Å². The highest BCUT2D eigenvalue weighted by atomic mass is 35.5. The van der Waals surface area contributed by atoms with Crippen LogP contribution in [0.3, 0.4) is 0 Å². The summed E-state index contributed by atoms with van der Waals surface area (Å²) in [6, 6.07) is 6.67. The van der Waals surface area contributed by atoms with Gasteiger partial charge in [-0.05, 0) is 37.5 Å². The molecule has 0 bridgehead atoms. The zero-order chi connectivity index (χ0) is 14.7. The van der Waals surface area contributed by atoms with E-state index in [1.54, 1.807) is 24.3 Å². The lowest BCUT2D eigenvalue weighted by atomic mass is 10.1. The van der Waals surface area contributed by atoms with Gasteiger partial charge in [-0.25, -0.2) is 0 Å². The molecule has 1 fully saturated rings. The number of hydrogen-bond donors (Lipinski definition) is 2. The van der Waals surface area contributed by atoms with Gasteiger partial charge in [-0.3, -0.25) is 9.59 Å². The van der Waals surface area contributed by atoms with E-state index in [0.717, 1.165) is 6.42 Å². The highest BCUT2D eigenvalue weighted by molar-refractivity contribution is 6.31. The van der Waals surface area contributed by atoms with Gasteiger partial charge in [0.25, 0.3) is 0 Å². The average molecular weight is 297 g/mol. The first kappa shape index (κ1) is 14.8. The molecule has 1 aliphatic carbocycles. The summed E-state index contributed by atoms with van der Waals surface area (Å²) in [6.45, 7) is -0.370. The number of nitrogens with two attached hydrogens (primary N) is 1. The summed E-state index contributed by atoms with van der Waals surface area (Å²) in [5, 5.41) is 9.47. The molecule has 0 saturated heterocycles. The topological polar surface area (TPSA) is 83.6 Å². The number of carbonyl (C=O) groups excluding carboxylic acids is 1. The fraction of sp³-hybridized carbons (Fsp3) is 0.429. The lowest BCUT2D eigenvalue weighted by molar-refractivity contribution is -0.137. The summed E-state index contributed by atoms with van der Waals surface area (Å²) < 4.78 is 0. The average Bonchev–Trinajstić information content (AvgIpc) is 2.81. The van der Waals surface area contributed by atoms with Crippen molar-refractivity contribution >= 4 is 29.2 Å². The summed E-state index contributed by atoms with van der Waals surface area (Å²) >= 11 is 5.91. The number of carboxylic acid groups (broad SMARTS) is 1. The van der Waals surface area contributed by atoms with E-state index >= 15 is 0 Å². The van der Waals surface area contributed by atoms with Crippen LogP contribution in [0.1, 0.15) is 19.3 Å². The molecule has 0 aliphatic heterocycles. The first-order chi connectivity index (χ1) is 9.47. The van der Waals surface area contributed by atoms with E-state index in [2.05, 4.69) is 0 Å². The van der Waals surface area contributed by atoms with Crippen LogP contribution in [0.25, 0.3) is 0 Å². The minimum Gasteiger partial charge on any atom is -0.480 e. The van der Waals surface area contributed by atoms with E-state index in [1.807, 2.05) is 0 Å². The summed E-state index contributed by atoms with van der Waals surface area (Å²) in [7, 11) is 0. The van der Waals surface area contributed by atoms with Gasteiger partial charge in [0.15, 0.2) is 0 Å². The van der Waals surface area contributed by atoms with Crippen molar-refractivity contribution < 1.29 is 14.7 Å². The van der Waals surface area contributed by atoms with Crippen LogP contribution >= 0.6 is 11.6 Å². The highest BCUT2D eigenvalue weighted by Gasteiger charge is 2.32. The van der Waals surface area contributed by atoms with Crippen LogP contribution in [0.15, 0.2) is 24.3 Å². The fourth-order valence-corrected chi connectivity index (χ4v) is 2.72. The first-order valence-electron chi connectivity index (χ1n) is 6.51. The molecule has 0 radical (unpaired) electrons. The number of halogens is 1. The molecule has 6 heteroatoms. The summed E-state index contributed by atoms with van der Waals surface area (Å²) in [5.74, 6) is -1.45. The Kier molecular flexibility index (Phi) is 4.62. The Balaban J connectivity index is 2.23. The molecule has 2 rings (SSSR count). The van der Waals surface area contributed by atoms with E-state index in [-0.39, 0.29) is 24.4 Å². The second-order valence-corrected chi connectivity index (χ2v) is 5.50. The van der Waals surface area contributed by atoms with Crippen molar-refractivity contribution in [1.29, 1.82) is 0 Å². The first-order valence-corrected chi connectivity index (χ1v) is 6.89. The van der Waals surface area contributed by atoms with Gasteiger partial charge in [0.05, 0.1) is 0 Å². The third-order valence-corrected chi connectivity index (χ3v) is 3.74. The largest absolute Gasteiger partial charge is 0.480 e. The molecular weight excluding hydrogens is 280 g/mol. The maximum absolute atomic E-state index is 12.5. The van der Waals surface area contributed by atoms with Crippen molar-refractivity contribution in [2.24, 2.45) is 11.7 Å². The maximum atomic E-state index is 12.5. The van der Waals surface area contributed by atoms with Crippen molar-refractivity contribution in [2.75, 3.05) is 11.4 Å². The Bertz CT molecular complexity index is 521. The van der Waals surface area contributed by atoms with E-state index in [4.69, 9.17) is 22.4 Å². The fourth-order valence-electron chi connectivity index (χ4n) is 2.54. The Morgan fingerprint density at radius 2 is 2.15 bits per heavy atom. The summed E-state index contributed by atoms with van der Waals surface area (Å²) in [4.78, 5) is 24.8. The second kappa shape index (κ2) is 6.24. The number of anilines is 1. The lowest BCUT2D eigenvalue weighted by Crippen LogP contribution is -2.39. The number of amides is 1. The van der Waals surface area contributed by atoms with Gasteiger partial charge in [0, 0.05) is 22.7 Å². The zero-order valence-corrected chi connectivity index (χ0v) is 11.7. The van der Waals surface area contributed by atoms with E-state index in [0.29, 0.717) is 23.6 Å². The van der Waals surface area contributed by atoms with Gasteiger partial charge in [0.1, 0.15) is 6.54 Å². The Hall–Kier alpha value is -1.59. The molecule has 2 unspecified atom stereocenters. The predicted octanol–water partition coefficient (Wildman–Crippen LogP) is 1.89. The van der Waals surface area contributed by atoms with Crippen LogP contribution in [0.5, 0.6) is 0 Å². The van der Waals surface area contributed by atoms with E-state index in [9.17, 15) is 9.59 Å². The van der Waals surface area contributed by atoms with Gasteiger partial charge in [-0.1, -0.05) is 17.7 Å². The molecule has 1 aromatic rings. The standard InChI is InChI=1S/C14H17ClN2O3/c15-10-2-1-3-12(7-10)17(8-13(18)19)14(20)9-4-5-11(16)6-9/h1-3,7,9,11H,4-6,8,16H2,(H,18,19). The van der Waals surface area contributed by atoms with Crippen molar-refractivity contribution in [1.82, 2.24) is 0 Å². The third-order valence-electron chi connectivity index (χ3n) is 3.50. The number of benzene rings is 1. The van der Waals surface area contributed by atoms with Crippen LogP contribution in [0.2, 0.25) is 5.02 Å². The molecular formula is C14H17ClN2O3. The zero-order valence-electron chi connectivity index (χ0n) is 11.0. The monoisotopic (exact) mass is 296 g/mol. The normalized spacial score (nSPS) is 21.7. The number of hydrogen-bond acceptors (Lipinski definition) is 3. The van der Waals surface area contributed by atoms with Gasteiger partial charge in [-0.2, -0.15) is 0 Å². The molecule has 3 N–H and O–H groups in total. The van der Waals surface area contributed by atoms with Gasteiger partial charge in [0.2, 0.25) is 5.91 Å². The lowest BCUT2D eigenvalue weighted by Gasteiger charge is -2.24. The highest BCUT2D eigenvalue weighted by Crippen LogP contribution is 2.29. The molecule has 0 aromatic heterocycles. The second-order valence-electron chi connectivity index (χ2n) is 5.07. The molecule has 1 aliphatic rings. The SMILES string of the molecule is NC1CCC(C(=O)N(CC(=O)O)c2cccc(Cl)c2)C1. The summed E-state index contributed by atoms with van der Waals surface area (Å²) in [5.41, 5.74) is 6.32. The predicted molar refractivity (Wildman–Crippen MR) is 76.8 cm³/mol. The minimum absolute atomic E-state index is 0.0231. The number of nitrogens with zero attached hydrogens (tertiary/aromatic N) is 1. The summed E-state index contributed by atoms with van der Waals surface area (Å²) in [6.07, 6.45) is 2.11. The van der Waals surface area contributed by atoms with Gasteiger partial charge in [-0.15, -0.1) is 0 Å². The van der Waals surface area contributed by atoms with Crippen LogP contribution in [-0.2, 0) is 9.59 Å². The molecule has 1 saturated carbocycles. The van der Waals surface area contributed by atoms with Crippen molar-refractivity contribution in [2.45, 2.75) is 25.3 Å². The quantitative estimate of drug-likeness (QED) is 0.888. The Morgan fingerprint density at radius 1 is 1.40 bits per heavy atom. The molecule has 2 atom stereocenters. The van der Waals surface area contributed by atoms with E-state index in [1.165, 1.54) is 4.90 Å². The van der Waals surface area contributed by atoms with E-state index < -0.39 is 5.97 Å². The molecule has 108 valence electrons. The molecule has 1 aromatic carbocycles. The Morgan fingerprint density at radius 3 is 2.70 bits per heavy atom. The van der Waals surface area contributed by atoms with Gasteiger partial charge >= 0.3 is 5.97 Å². The Labute approximate surface area is 122 Å². The number of rotatable bonds is 4. The molecule has 0 spiro atoms. The number of carbonyl (C=O) groups is 2. The van der Waals surface area contributed by atoms with Crippen molar-refractivity contribution in [3.8, 4) is 0 Å². The van der Waals surface area contributed by atoms with Crippen LogP contribution in [-0.4, -0.2) is 29.6 Å². The van der Waals surface area contributed by atoms with Crippen LogP contribution in [0.4, 0.5) is 5.69 Å². The molecule has 5 nitrogen and oxygen atoms in total. The van der Waals surface area contributed by atoms with Crippen LogP contribution < -0.4 is 10.6 Å². The minimum atomic E-state index is -1.05. The number of carboxylic acids is 1. The maximum Gasteiger partial charge on any atom is 0.323 e. The van der Waals surface area contributed by atoms with Crippen molar-refractivity contribution in [3.63, 3.8) is 0 Å². The molecule has 20 heavy (non-hydrogen) atoms. The third kappa shape index (κ3) is 3.49. The molecule has 1 amide bonds. The van der Waals surface area contributed by atoms with Crippen molar-refractivity contribution in [3.05, 3.63) is 29.3 Å². The number of aliphatic carboxylic acids is 1. The van der Waals surface area contributed by atoms with Crippen LogP contribution in [0, 0.1) is 5.92 Å².